The summed E-state index contributed by atoms with van der Waals surface area (Å²) in [6, 6.07) is 10.1. The fraction of sp³-hybridized carbons (Fsp3) is 0.450. The topological polar surface area (TPSA) is 58.1 Å². The smallest absolute Gasteiger partial charge is 0.274 e. The van der Waals surface area contributed by atoms with Gasteiger partial charge in [-0.3, -0.25) is 4.79 Å². The average molecular weight is 338 g/mol. The molecule has 1 N–H and O–H groups in total. The second kappa shape index (κ2) is 7.64. The lowest BCUT2D eigenvalue weighted by Gasteiger charge is -2.34. The van der Waals surface area contributed by atoms with Crippen LogP contribution in [0, 0.1) is 13.8 Å². The van der Waals surface area contributed by atoms with Crippen LogP contribution >= 0.6 is 0 Å². The lowest BCUT2D eigenvalue weighted by molar-refractivity contribution is 0.0601. The Bertz CT molecular complexity index is 742. The maximum Gasteiger partial charge on any atom is 0.274 e. The quantitative estimate of drug-likeness (QED) is 0.906. The molecule has 2 heterocycles. The number of rotatable bonds is 4. The molecule has 1 aliphatic rings. The summed E-state index contributed by atoms with van der Waals surface area (Å²) in [5, 5.41) is 11.6. The number of hydrogen-bond donors (Lipinski definition) is 1. The Morgan fingerprint density at radius 2 is 2.04 bits per heavy atom. The molecule has 132 valence electrons. The van der Waals surface area contributed by atoms with Crippen molar-refractivity contribution in [1.29, 1.82) is 0 Å². The van der Waals surface area contributed by atoms with Crippen LogP contribution in [0.2, 0.25) is 0 Å². The number of anilines is 2. The zero-order chi connectivity index (χ0) is 17.8. The standard InChI is InChI=1S/C20H26N4O/c1-4-16-7-5-6-12-24(16)20(25)18-10-11-19(23-22-18)21-17-9-8-14(2)13-15(17)3/h8-11,13,16H,4-7,12H2,1-3H3,(H,21,23). The molecule has 0 spiro atoms. The van der Waals surface area contributed by atoms with Crippen molar-refractivity contribution in [3.63, 3.8) is 0 Å². The van der Waals surface area contributed by atoms with Crippen LogP contribution in [0.15, 0.2) is 30.3 Å². The summed E-state index contributed by atoms with van der Waals surface area (Å²) in [4.78, 5) is 14.7. The first-order chi connectivity index (χ1) is 12.1. The van der Waals surface area contributed by atoms with E-state index < -0.39 is 0 Å². The predicted molar refractivity (Wildman–Crippen MR) is 100 cm³/mol. The van der Waals surface area contributed by atoms with E-state index in [4.69, 9.17) is 0 Å². The van der Waals surface area contributed by atoms with Crippen molar-refractivity contribution >= 4 is 17.4 Å². The van der Waals surface area contributed by atoms with Gasteiger partial charge in [-0.1, -0.05) is 24.6 Å². The van der Waals surface area contributed by atoms with Gasteiger partial charge in [-0.25, -0.2) is 0 Å². The van der Waals surface area contributed by atoms with Gasteiger partial charge in [-0.05, 0) is 63.3 Å². The zero-order valence-corrected chi connectivity index (χ0v) is 15.2. The summed E-state index contributed by atoms with van der Waals surface area (Å²) in [7, 11) is 0. The highest BCUT2D eigenvalue weighted by Gasteiger charge is 2.27. The van der Waals surface area contributed by atoms with Crippen LogP contribution in [0.1, 0.15) is 54.2 Å². The van der Waals surface area contributed by atoms with E-state index in [0.29, 0.717) is 17.6 Å². The van der Waals surface area contributed by atoms with Crippen LogP contribution in [-0.4, -0.2) is 33.6 Å². The molecule has 25 heavy (non-hydrogen) atoms. The molecule has 5 heteroatoms. The fourth-order valence-electron chi connectivity index (χ4n) is 3.44. The van der Waals surface area contributed by atoms with Gasteiger partial charge in [0, 0.05) is 18.3 Å². The van der Waals surface area contributed by atoms with Crippen molar-refractivity contribution in [2.75, 3.05) is 11.9 Å². The van der Waals surface area contributed by atoms with Gasteiger partial charge < -0.3 is 10.2 Å². The van der Waals surface area contributed by atoms with Gasteiger partial charge in [0.2, 0.25) is 0 Å². The molecule has 1 unspecified atom stereocenters. The highest BCUT2D eigenvalue weighted by atomic mass is 16.2. The van der Waals surface area contributed by atoms with Crippen molar-refractivity contribution in [3.05, 3.63) is 47.2 Å². The summed E-state index contributed by atoms with van der Waals surface area (Å²) >= 11 is 0. The molecular weight excluding hydrogens is 312 g/mol. The van der Waals surface area contributed by atoms with Gasteiger partial charge in [0.05, 0.1) is 0 Å². The number of piperidine rings is 1. The van der Waals surface area contributed by atoms with E-state index in [9.17, 15) is 4.79 Å². The number of likely N-dealkylation sites (tertiary alicyclic amines) is 1. The second-order valence-corrected chi connectivity index (χ2v) is 6.80. The molecule has 0 bridgehead atoms. The molecule has 1 fully saturated rings. The first-order valence-electron chi connectivity index (χ1n) is 9.07. The summed E-state index contributed by atoms with van der Waals surface area (Å²) in [5.41, 5.74) is 3.80. The lowest BCUT2D eigenvalue weighted by atomic mass is 9.99. The number of nitrogens with one attached hydrogen (secondary N) is 1. The molecule has 1 atom stereocenters. The van der Waals surface area contributed by atoms with Crippen molar-refractivity contribution < 1.29 is 4.79 Å². The van der Waals surface area contributed by atoms with Gasteiger partial charge >= 0.3 is 0 Å². The number of aryl methyl sites for hydroxylation is 2. The van der Waals surface area contributed by atoms with E-state index in [1.807, 2.05) is 17.0 Å². The second-order valence-electron chi connectivity index (χ2n) is 6.80. The molecule has 0 aliphatic carbocycles. The highest BCUT2D eigenvalue weighted by Crippen LogP contribution is 2.22. The summed E-state index contributed by atoms with van der Waals surface area (Å²) < 4.78 is 0. The molecular formula is C20H26N4O. The van der Waals surface area contributed by atoms with E-state index >= 15 is 0 Å². The Labute approximate surface area is 149 Å². The number of benzene rings is 1. The molecule has 0 saturated carbocycles. The van der Waals surface area contributed by atoms with Crippen LogP contribution in [0.3, 0.4) is 0 Å². The van der Waals surface area contributed by atoms with Gasteiger partial charge in [0.25, 0.3) is 5.91 Å². The number of hydrogen-bond acceptors (Lipinski definition) is 4. The van der Waals surface area contributed by atoms with E-state index in [1.54, 1.807) is 6.07 Å². The van der Waals surface area contributed by atoms with Gasteiger partial charge in [-0.15, -0.1) is 10.2 Å². The molecule has 1 saturated heterocycles. The van der Waals surface area contributed by atoms with Gasteiger partial charge in [0.1, 0.15) is 0 Å². The molecule has 5 nitrogen and oxygen atoms in total. The first-order valence-corrected chi connectivity index (χ1v) is 9.07. The Kier molecular flexibility index (Phi) is 5.31. The number of nitrogens with zero attached hydrogens (tertiary/aromatic N) is 3. The van der Waals surface area contributed by atoms with E-state index in [1.165, 1.54) is 12.0 Å². The van der Waals surface area contributed by atoms with Crippen molar-refractivity contribution in [3.8, 4) is 0 Å². The third kappa shape index (κ3) is 3.98. The minimum absolute atomic E-state index is 0.00267. The Balaban J connectivity index is 1.72. The Morgan fingerprint density at radius 3 is 2.72 bits per heavy atom. The van der Waals surface area contributed by atoms with Crippen molar-refractivity contribution in [1.82, 2.24) is 15.1 Å². The predicted octanol–water partition coefficient (Wildman–Crippen LogP) is 4.24. The van der Waals surface area contributed by atoms with E-state index in [2.05, 4.69) is 48.4 Å². The Morgan fingerprint density at radius 1 is 1.20 bits per heavy atom. The minimum atomic E-state index is -0.00267. The van der Waals surface area contributed by atoms with Gasteiger partial charge in [-0.2, -0.15) is 0 Å². The molecule has 1 aliphatic heterocycles. The Hall–Kier alpha value is -2.43. The molecule has 1 aromatic heterocycles. The molecule has 0 radical (unpaired) electrons. The van der Waals surface area contributed by atoms with Crippen molar-refractivity contribution in [2.24, 2.45) is 0 Å². The monoisotopic (exact) mass is 338 g/mol. The SMILES string of the molecule is CCC1CCCCN1C(=O)c1ccc(Nc2ccc(C)cc2C)nn1. The third-order valence-corrected chi connectivity index (χ3v) is 4.89. The van der Waals surface area contributed by atoms with Crippen LogP contribution in [0.25, 0.3) is 0 Å². The molecule has 1 amide bonds. The molecule has 2 aromatic rings. The fourth-order valence-corrected chi connectivity index (χ4v) is 3.44. The average Bonchev–Trinajstić information content (AvgIpc) is 2.64. The molecule has 3 rings (SSSR count). The van der Waals surface area contributed by atoms with E-state index in [0.717, 1.165) is 37.1 Å². The van der Waals surface area contributed by atoms with Crippen LogP contribution < -0.4 is 5.32 Å². The lowest BCUT2D eigenvalue weighted by Crippen LogP contribution is -2.43. The third-order valence-electron chi connectivity index (χ3n) is 4.89. The van der Waals surface area contributed by atoms with Crippen LogP contribution in [-0.2, 0) is 0 Å². The number of aromatic nitrogens is 2. The van der Waals surface area contributed by atoms with Gasteiger partial charge in [0.15, 0.2) is 11.5 Å². The largest absolute Gasteiger partial charge is 0.339 e. The highest BCUT2D eigenvalue weighted by molar-refractivity contribution is 5.92. The minimum Gasteiger partial charge on any atom is -0.339 e. The van der Waals surface area contributed by atoms with Crippen LogP contribution in [0.4, 0.5) is 11.5 Å². The van der Waals surface area contributed by atoms with Crippen LogP contribution in [0.5, 0.6) is 0 Å². The first kappa shape index (κ1) is 17.4. The number of carbonyl (C=O) groups excluding carboxylic acids is 1. The normalized spacial score (nSPS) is 17.4. The number of carbonyl (C=O) groups is 1. The summed E-state index contributed by atoms with van der Waals surface area (Å²) in [5.74, 6) is 0.645. The zero-order valence-electron chi connectivity index (χ0n) is 15.2. The maximum absolute atomic E-state index is 12.7. The summed E-state index contributed by atoms with van der Waals surface area (Å²) in [6.45, 7) is 7.09. The van der Waals surface area contributed by atoms with Crippen molar-refractivity contribution in [2.45, 2.75) is 52.5 Å². The van der Waals surface area contributed by atoms with E-state index in [-0.39, 0.29) is 5.91 Å². The number of amides is 1. The molecule has 1 aromatic carbocycles. The summed E-state index contributed by atoms with van der Waals surface area (Å²) in [6.07, 6.45) is 4.35. The maximum atomic E-state index is 12.7.